The van der Waals surface area contributed by atoms with Crippen LogP contribution in [0.3, 0.4) is 0 Å². The van der Waals surface area contributed by atoms with Crippen LogP contribution in [0.25, 0.3) is 0 Å². The summed E-state index contributed by atoms with van der Waals surface area (Å²) in [5.41, 5.74) is 1.54. The normalized spacial score (nSPS) is 21.9. The lowest BCUT2D eigenvalue weighted by atomic mass is 9.98. The molecular formula is C17H24N2O. The Morgan fingerprint density at radius 2 is 2.05 bits per heavy atom. The number of hydrogen-bond donors (Lipinski definition) is 1. The molecular weight excluding hydrogens is 248 g/mol. The number of rotatable bonds is 4. The summed E-state index contributed by atoms with van der Waals surface area (Å²) in [7, 11) is 0. The molecule has 1 aliphatic rings. The maximum atomic E-state index is 10.3. The van der Waals surface area contributed by atoms with E-state index >= 15 is 0 Å². The average Bonchev–Trinajstić information content (AvgIpc) is 2.72. The Morgan fingerprint density at radius 1 is 1.30 bits per heavy atom. The molecule has 0 aliphatic carbocycles. The van der Waals surface area contributed by atoms with Crippen LogP contribution < -0.4 is 0 Å². The van der Waals surface area contributed by atoms with Crippen molar-refractivity contribution in [2.75, 3.05) is 19.6 Å². The smallest absolute Gasteiger partial charge is 0.0991 e. The number of β-amino-alcohol motifs (C(OH)–C–C–N with tert-alkyl or cyclic N) is 1. The third kappa shape index (κ3) is 4.06. The number of aliphatic hydroxyl groups is 1. The molecule has 1 aliphatic heterocycles. The highest BCUT2D eigenvalue weighted by atomic mass is 16.3. The van der Waals surface area contributed by atoms with Crippen molar-refractivity contribution in [2.24, 2.45) is 5.92 Å². The maximum absolute atomic E-state index is 10.3. The van der Waals surface area contributed by atoms with Crippen molar-refractivity contribution in [3.05, 3.63) is 35.4 Å². The second-order valence-electron chi connectivity index (χ2n) is 5.76. The molecule has 1 saturated heterocycles. The molecule has 3 heteroatoms. The van der Waals surface area contributed by atoms with E-state index < -0.39 is 6.10 Å². The molecule has 108 valence electrons. The van der Waals surface area contributed by atoms with Gasteiger partial charge in [0.05, 0.1) is 17.7 Å². The molecule has 0 saturated carbocycles. The standard InChI is InChI=1S/C17H24N2O/c1-2-14-4-3-10-19(11-9-14)13-17(20)16-7-5-15(12-18)6-8-16/h5-8,14,17,20H,2-4,9-11,13H2,1H3. The van der Waals surface area contributed by atoms with Gasteiger partial charge in [-0.05, 0) is 56.0 Å². The predicted molar refractivity (Wildman–Crippen MR) is 80.2 cm³/mol. The van der Waals surface area contributed by atoms with Crippen LogP contribution in [0, 0.1) is 17.2 Å². The van der Waals surface area contributed by atoms with E-state index in [4.69, 9.17) is 5.26 Å². The van der Waals surface area contributed by atoms with E-state index in [1.165, 1.54) is 25.7 Å². The van der Waals surface area contributed by atoms with Gasteiger partial charge < -0.3 is 10.0 Å². The molecule has 20 heavy (non-hydrogen) atoms. The predicted octanol–water partition coefficient (Wildman–Crippen LogP) is 3.10. The van der Waals surface area contributed by atoms with E-state index in [2.05, 4.69) is 17.9 Å². The van der Waals surface area contributed by atoms with Crippen LogP contribution in [0.4, 0.5) is 0 Å². The highest BCUT2D eigenvalue weighted by molar-refractivity contribution is 5.32. The molecule has 1 aromatic rings. The van der Waals surface area contributed by atoms with Gasteiger partial charge in [0.2, 0.25) is 0 Å². The zero-order valence-corrected chi connectivity index (χ0v) is 12.3. The highest BCUT2D eigenvalue weighted by Crippen LogP contribution is 2.22. The first kappa shape index (κ1) is 15.0. The first-order chi connectivity index (χ1) is 9.72. The summed E-state index contributed by atoms with van der Waals surface area (Å²) in [6.07, 6.45) is 4.61. The van der Waals surface area contributed by atoms with Crippen molar-refractivity contribution >= 4 is 0 Å². The van der Waals surface area contributed by atoms with E-state index in [1.807, 2.05) is 12.1 Å². The molecule has 0 radical (unpaired) electrons. The summed E-state index contributed by atoms with van der Waals surface area (Å²) >= 11 is 0. The van der Waals surface area contributed by atoms with Gasteiger partial charge in [0.25, 0.3) is 0 Å². The van der Waals surface area contributed by atoms with Crippen molar-refractivity contribution in [3.8, 4) is 6.07 Å². The Labute approximate surface area is 121 Å². The Bertz CT molecular complexity index is 449. The molecule has 2 rings (SSSR count). The Balaban J connectivity index is 1.90. The summed E-state index contributed by atoms with van der Waals surface area (Å²) in [6, 6.07) is 9.36. The maximum Gasteiger partial charge on any atom is 0.0991 e. The van der Waals surface area contributed by atoms with E-state index in [0.29, 0.717) is 12.1 Å². The number of nitriles is 1. The lowest BCUT2D eigenvalue weighted by Gasteiger charge is -2.23. The second-order valence-corrected chi connectivity index (χ2v) is 5.76. The van der Waals surface area contributed by atoms with Gasteiger partial charge in [-0.1, -0.05) is 25.5 Å². The molecule has 1 aromatic carbocycles. The van der Waals surface area contributed by atoms with Crippen LogP contribution in [-0.4, -0.2) is 29.6 Å². The van der Waals surface area contributed by atoms with Gasteiger partial charge in [0.15, 0.2) is 0 Å². The van der Waals surface area contributed by atoms with Gasteiger partial charge in [-0.25, -0.2) is 0 Å². The number of hydrogen-bond acceptors (Lipinski definition) is 3. The van der Waals surface area contributed by atoms with Gasteiger partial charge in [0, 0.05) is 6.54 Å². The van der Waals surface area contributed by atoms with Crippen molar-refractivity contribution in [1.29, 1.82) is 5.26 Å². The quantitative estimate of drug-likeness (QED) is 0.916. The number of nitrogens with zero attached hydrogens (tertiary/aromatic N) is 2. The minimum atomic E-state index is -0.457. The fourth-order valence-electron chi connectivity index (χ4n) is 2.95. The number of aliphatic hydroxyl groups excluding tert-OH is 1. The first-order valence-electron chi connectivity index (χ1n) is 7.63. The third-order valence-electron chi connectivity index (χ3n) is 4.37. The number of likely N-dealkylation sites (tertiary alicyclic amines) is 1. The van der Waals surface area contributed by atoms with E-state index in [0.717, 1.165) is 24.6 Å². The Kier molecular flexibility index (Phi) is 5.58. The van der Waals surface area contributed by atoms with Crippen LogP contribution in [-0.2, 0) is 0 Å². The first-order valence-corrected chi connectivity index (χ1v) is 7.63. The van der Waals surface area contributed by atoms with Crippen LogP contribution in [0.15, 0.2) is 24.3 Å². The highest BCUT2D eigenvalue weighted by Gasteiger charge is 2.18. The lowest BCUT2D eigenvalue weighted by molar-refractivity contribution is 0.114. The summed E-state index contributed by atoms with van der Waals surface area (Å²) < 4.78 is 0. The molecule has 1 heterocycles. The van der Waals surface area contributed by atoms with Gasteiger partial charge in [-0.2, -0.15) is 5.26 Å². The van der Waals surface area contributed by atoms with Crippen LogP contribution in [0.1, 0.15) is 49.8 Å². The van der Waals surface area contributed by atoms with Crippen molar-refractivity contribution in [1.82, 2.24) is 4.90 Å². The van der Waals surface area contributed by atoms with E-state index in [1.54, 1.807) is 12.1 Å². The average molecular weight is 272 g/mol. The summed E-state index contributed by atoms with van der Waals surface area (Å²) in [5, 5.41) is 19.1. The molecule has 3 nitrogen and oxygen atoms in total. The van der Waals surface area contributed by atoms with E-state index in [9.17, 15) is 5.11 Å². The molecule has 0 amide bonds. The van der Waals surface area contributed by atoms with Gasteiger partial charge in [0.1, 0.15) is 0 Å². The van der Waals surface area contributed by atoms with Crippen molar-refractivity contribution in [3.63, 3.8) is 0 Å². The van der Waals surface area contributed by atoms with Crippen molar-refractivity contribution < 1.29 is 5.11 Å². The minimum absolute atomic E-state index is 0.457. The Hall–Kier alpha value is -1.37. The molecule has 0 bridgehead atoms. The summed E-state index contributed by atoms with van der Waals surface area (Å²) in [6.45, 7) is 5.14. The SMILES string of the molecule is CCC1CCCN(CC(O)c2ccc(C#N)cc2)CC1. The van der Waals surface area contributed by atoms with Gasteiger partial charge in [-0.3, -0.25) is 0 Å². The molecule has 0 spiro atoms. The molecule has 0 aromatic heterocycles. The van der Waals surface area contributed by atoms with Crippen molar-refractivity contribution in [2.45, 2.75) is 38.7 Å². The Morgan fingerprint density at radius 3 is 2.70 bits per heavy atom. The lowest BCUT2D eigenvalue weighted by Crippen LogP contribution is -2.29. The summed E-state index contributed by atoms with van der Waals surface area (Å²) in [5.74, 6) is 0.854. The largest absolute Gasteiger partial charge is 0.387 e. The number of benzene rings is 1. The van der Waals surface area contributed by atoms with Gasteiger partial charge >= 0.3 is 0 Å². The molecule has 1 fully saturated rings. The fraction of sp³-hybridized carbons (Fsp3) is 0.588. The molecule has 2 atom stereocenters. The molecule has 2 unspecified atom stereocenters. The monoisotopic (exact) mass is 272 g/mol. The van der Waals surface area contributed by atoms with Crippen LogP contribution in [0.2, 0.25) is 0 Å². The third-order valence-corrected chi connectivity index (χ3v) is 4.37. The zero-order chi connectivity index (χ0) is 14.4. The van der Waals surface area contributed by atoms with Crippen LogP contribution in [0.5, 0.6) is 0 Å². The molecule has 1 N–H and O–H groups in total. The topological polar surface area (TPSA) is 47.3 Å². The van der Waals surface area contributed by atoms with Crippen LogP contribution >= 0.6 is 0 Å². The van der Waals surface area contributed by atoms with Gasteiger partial charge in [-0.15, -0.1) is 0 Å². The summed E-state index contributed by atoms with van der Waals surface area (Å²) in [4.78, 5) is 2.37. The minimum Gasteiger partial charge on any atom is -0.387 e. The zero-order valence-electron chi connectivity index (χ0n) is 12.3. The fourth-order valence-corrected chi connectivity index (χ4v) is 2.95. The van der Waals surface area contributed by atoms with E-state index in [-0.39, 0.29) is 0 Å². The second kappa shape index (κ2) is 7.42.